The molecule has 10 heteroatoms. The first kappa shape index (κ1) is 24.1. The molecule has 0 spiro atoms. The van der Waals surface area contributed by atoms with Gasteiger partial charge in [-0.3, -0.25) is 4.98 Å². The molecule has 0 aliphatic carbocycles. The van der Waals surface area contributed by atoms with Crippen LogP contribution in [0.4, 0.5) is 27.5 Å². The molecule has 1 fully saturated rings. The van der Waals surface area contributed by atoms with Gasteiger partial charge in [-0.05, 0) is 53.9 Å². The van der Waals surface area contributed by atoms with Crippen LogP contribution in [0.2, 0.25) is 0 Å². The van der Waals surface area contributed by atoms with E-state index in [1.165, 1.54) is 0 Å². The molecule has 2 aromatic heterocycles. The topological polar surface area (TPSA) is 108 Å². The molecule has 5 rings (SSSR count). The smallest absolute Gasteiger partial charge is 0.245 e. The Morgan fingerprint density at radius 2 is 1.81 bits per heavy atom. The van der Waals surface area contributed by atoms with E-state index in [-0.39, 0.29) is 17.5 Å². The molecule has 0 bridgehead atoms. The fourth-order valence-electron chi connectivity index (χ4n) is 3.90. The summed E-state index contributed by atoms with van der Waals surface area (Å²) < 4.78 is 19.5. The second-order valence-corrected chi connectivity index (χ2v) is 8.47. The Balaban J connectivity index is 1.18. The average Bonchev–Trinajstić information content (AvgIpc) is 2.93. The average molecular weight is 500 g/mol. The molecule has 3 N–H and O–H groups in total. The van der Waals surface area contributed by atoms with Gasteiger partial charge >= 0.3 is 0 Å². The third-order valence-electron chi connectivity index (χ3n) is 5.74. The minimum atomic E-state index is -0.480. The van der Waals surface area contributed by atoms with E-state index in [1.807, 2.05) is 41.3 Å². The van der Waals surface area contributed by atoms with Crippen molar-refractivity contribution in [2.24, 2.45) is 5.10 Å². The molecule has 0 unspecified atom stereocenters. The lowest BCUT2D eigenvalue weighted by Crippen LogP contribution is -2.37. The summed E-state index contributed by atoms with van der Waals surface area (Å²) in [5.74, 6) is 0.214. The summed E-state index contributed by atoms with van der Waals surface area (Å²) in [6.45, 7) is 2.21. The Bertz CT molecular complexity index is 1360. The van der Waals surface area contributed by atoms with Gasteiger partial charge in [0.2, 0.25) is 5.95 Å². The van der Waals surface area contributed by atoms with Crippen molar-refractivity contribution in [1.82, 2.24) is 15.0 Å². The Kier molecular flexibility index (Phi) is 7.47. The number of halogens is 1. The number of hydrogen-bond donors (Lipinski definition) is 3. The molecule has 9 nitrogen and oxygen atoms in total. The van der Waals surface area contributed by atoms with Crippen LogP contribution in [0.5, 0.6) is 5.75 Å². The molecular formula is C27H26FN7O2. The number of aromatic hydroxyl groups is 1. The maximum absolute atomic E-state index is 14.2. The van der Waals surface area contributed by atoms with Gasteiger partial charge in [0.25, 0.3) is 0 Å². The Hall–Kier alpha value is -4.57. The number of rotatable bonds is 8. The fraction of sp³-hybridized carbons (Fsp3) is 0.185. The highest BCUT2D eigenvalue weighted by Gasteiger charge is 2.17. The number of anilines is 4. The van der Waals surface area contributed by atoms with E-state index in [1.54, 1.807) is 24.5 Å². The first-order valence-corrected chi connectivity index (χ1v) is 11.9. The van der Waals surface area contributed by atoms with Gasteiger partial charge in [-0.15, -0.1) is 0 Å². The van der Waals surface area contributed by atoms with Crippen LogP contribution >= 0.6 is 0 Å². The molecule has 1 aliphatic heterocycles. The first-order chi connectivity index (χ1) is 18.1. The molecule has 0 amide bonds. The minimum absolute atomic E-state index is 0.199. The molecule has 1 saturated heterocycles. The summed E-state index contributed by atoms with van der Waals surface area (Å²) >= 11 is 0. The molecule has 0 saturated carbocycles. The number of pyridine rings is 1. The van der Waals surface area contributed by atoms with Crippen LogP contribution in [0.1, 0.15) is 16.8 Å². The number of hydrazone groups is 1. The van der Waals surface area contributed by atoms with Crippen molar-refractivity contribution >= 4 is 29.4 Å². The Labute approximate surface area is 213 Å². The minimum Gasteiger partial charge on any atom is -0.508 e. The zero-order chi connectivity index (χ0) is 25.5. The van der Waals surface area contributed by atoms with E-state index in [9.17, 15) is 9.50 Å². The van der Waals surface area contributed by atoms with Crippen LogP contribution in [0.15, 0.2) is 78.2 Å². The quantitative estimate of drug-likeness (QED) is 0.243. The number of nitrogens with one attached hydrogen (secondary N) is 2. The van der Waals surface area contributed by atoms with Crippen molar-refractivity contribution in [2.75, 3.05) is 41.9 Å². The van der Waals surface area contributed by atoms with Gasteiger partial charge < -0.3 is 20.1 Å². The van der Waals surface area contributed by atoms with Gasteiger partial charge in [0, 0.05) is 18.8 Å². The number of hydrogen-bond acceptors (Lipinski definition) is 9. The normalized spacial score (nSPS) is 13.6. The standard InChI is InChI=1S/C27H26FN7O2/c28-25-18-30-27(33-26(25)35-10-12-37-13-11-35)34-31-17-22-6-7-23(16-29-22)32-21-3-1-2-20(15-21)14-19-4-8-24(36)9-5-19/h1-9,15-18,32,36H,10-14H2,(H,30,33,34)/b31-17+. The number of morpholine rings is 1. The molecule has 2 aromatic carbocycles. The van der Waals surface area contributed by atoms with Gasteiger partial charge in [-0.25, -0.2) is 14.8 Å². The monoisotopic (exact) mass is 499 g/mol. The van der Waals surface area contributed by atoms with Crippen molar-refractivity contribution in [3.05, 3.63) is 95.7 Å². The first-order valence-electron chi connectivity index (χ1n) is 11.9. The van der Waals surface area contributed by atoms with Crippen LogP contribution in [0, 0.1) is 5.82 Å². The van der Waals surface area contributed by atoms with E-state index in [0.717, 1.165) is 35.1 Å². The van der Waals surface area contributed by atoms with Crippen molar-refractivity contribution in [3.8, 4) is 5.75 Å². The van der Waals surface area contributed by atoms with Gasteiger partial charge in [-0.2, -0.15) is 10.1 Å². The van der Waals surface area contributed by atoms with Crippen LogP contribution in [-0.4, -0.2) is 52.6 Å². The number of benzene rings is 2. The van der Waals surface area contributed by atoms with Gasteiger partial charge in [0.15, 0.2) is 11.6 Å². The van der Waals surface area contributed by atoms with Crippen molar-refractivity contribution in [1.29, 1.82) is 0 Å². The van der Waals surface area contributed by atoms with Crippen molar-refractivity contribution in [3.63, 3.8) is 0 Å². The molecule has 4 aromatic rings. The highest BCUT2D eigenvalue weighted by atomic mass is 19.1. The maximum Gasteiger partial charge on any atom is 0.245 e. The highest BCUT2D eigenvalue weighted by Crippen LogP contribution is 2.21. The summed E-state index contributed by atoms with van der Waals surface area (Å²) in [5.41, 5.74) is 7.43. The second kappa shape index (κ2) is 11.4. The number of aromatic nitrogens is 3. The highest BCUT2D eigenvalue weighted by molar-refractivity contribution is 5.78. The lowest BCUT2D eigenvalue weighted by atomic mass is 10.0. The van der Waals surface area contributed by atoms with E-state index in [4.69, 9.17) is 4.74 Å². The van der Waals surface area contributed by atoms with Crippen LogP contribution < -0.4 is 15.6 Å². The second-order valence-electron chi connectivity index (χ2n) is 8.47. The van der Waals surface area contributed by atoms with Gasteiger partial charge in [-0.1, -0.05) is 24.3 Å². The summed E-state index contributed by atoms with van der Waals surface area (Å²) in [4.78, 5) is 14.4. The summed E-state index contributed by atoms with van der Waals surface area (Å²) in [7, 11) is 0. The summed E-state index contributed by atoms with van der Waals surface area (Å²) in [6.07, 6.45) is 5.17. The SMILES string of the molecule is Oc1ccc(Cc2cccc(Nc3ccc(/C=N/Nc4ncc(F)c(N5CCOCC5)n4)nc3)c2)cc1. The van der Waals surface area contributed by atoms with E-state index in [2.05, 4.69) is 42.9 Å². The molecule has 3 heterocycles. The summed E-state index contributed by atoms with van der Waals surface area (Å²) in [5, 5.41) is 17.0. The molecule has 1 aliphatic rings. The Morgan fingerprint density at radius 3 is 2.59 bits per heavy atom. The third-order valence-corrected chi connectivity index (χ3v) is 5.74. The lowest BCUT2D eigenvalue weighted by molar-refractivity contribution is 0.122. The van der Waals surface area contributed by atoms with Crippen LogP contribution in [-0.2, 0) is 11.2 Å². The largest absolute Gasteiger partial charge is 0.508 e. The predicted molar refractivity (Wildman–Crippen MR) is 141 cm³/mol. The number of phenols is 1. The van der Waals surface area contributed by atoms with Gasteiger partial charge in [0.05, 0.1) is 43.2 Å². The molecule has 0 radical (unpaired) electrons. The predicted octanol–water partition coefficient (Wildman–Crippen LogP) is 4.33. The number of nitrogens with zero attached hydrogens (tertiary/aromatic N) is 5. The van der Waals surface area contributed by atoms with Crippen molar-refractivity contribution < 1.29 is 14.2 Å². The molecule has 37 heavy (non-hydrogen) atoms. The maximum atomic E-state index is 14.2. The third kappa shape index (κ3) is 6.56. The van der Waals surface area contributed by atoms with Crippen LogP contribution in [0.25, 0.3) is 0 Å². The number of phenolic OH excluding ortho intramolecular Hbond substituents is 1. The van der Waals surface area contributed by atoms with E-state index >= 15 is 0 Å². The fourth-order valence-corrected chi connectivity index (χ4v) is 3.90. The van der Waals surface area contributed by atoms with E-state index < -0.39 is 5.82 Å². The van der Waals surface area contributed by atoms with Crippen molar-refractivity contribution in [2.45, 2.75) is 6.42 Å². The summed E-state index contributed by atoms with van der Waals surface area (Å²) in [6, 6.07) is 19.1. The zero-order valence-electron chi connectivity index (χ0n) is 20.0. The van der Waals surface area contributed by atoms with E-state index in [0.29, 0.717) is 32.0 Å². The lowest BCUT2D eigenvalue weighted by Gasteiger charge is -2.27. The Morgan fingerprint density at radius 1 is 0.973 bits per heavy atom. The molecular weight excluding hydrogens is 473 g/mol. The molecule has 188 valence electrons. The molecule has 0 atom stereocenters. The number of ether oxygens (including phenoxy) is 1. The zero-order valence-corrected chi connectivity index (χ0v) is 20.0. The van der Waals surface area contributed by atoms with Gasteiger partial charge in [0.1, 0.15) is 5.75 Å². The van der Waals surface area contributed by atoms with Crippen LogP contribution in [0.3, 0.4) is 0 Å².